The Balaban J connectivity index is 3.12. The van der Waals surface area contributed by atoms with Gasteiger partial charge in [-0.05, 0) is 54.7 Å². The lowest BCUT2D eigenvalue weighted by Crippen LogP contribution is -1.86. The van der Waals surface area contributed by atoms with E-state index in [1.54, 1.807) is 0 Å². The Morgan fingerprint density at radius 1 is 1.00 bits per heavy atom. The van der Waals surface area contributed by atoms with Crippen molar-refractivity contribution in [2.24, 2.45) is 0 Å². The van der Waals surface area contributed by atoms with Gasteiger partial charge in [-0.15, -0.1) is 0 Å². The van der Waals surface area contributed by atoms with Crippen molar-refractivity contribution in [1.29, 1.82) is 0 Å². The maximum atomic E-state index is 4.01. The van der Waals surface area contributed by atoms with Gasteiger partial charge in [0.15, 0.2) is 0 Å². The summed E-state index contributed by atoms with van der Waals surface area (Å²) in [7, 11) is 0. The minimum atomic E-state index is 0.973. The monoisotopic (exact) mass is 250 g/mol. The Morgan fingerprint density at radius 2 is 1.58 bits per heavy atom. The maximum absolute atomic E-state index is 4.01. The van der Waals surface area contributed by atoms with Crippen molar-refractivity contribution in [3.63, 3.8) is 0 Å². The van der Waals surface area contributed by atoms with E-state index in [-0.39, 0.29) is 0 Å². The van der Waals surface area contributed by atoms with Gasteiger partial charge in [0, 0.05) is 0 Å². The molecule has 0 saturated heterocycles. The van der Waals surface area contributed by atoms with Crippen molar-refractivity contribution in [3.05, 3.63) is 84.5 Å². The SMILES string of the molecule is C=C/C=C(\C)c1cccc(/C(C)=C/C(=C)C(=C)C)c1. The average molecular weight is 250 g/mol. The first-order valence-electron chi connectivity index (χ1n) is 6.39. The third-order valence-corrected chi connectivity index (χ3v) is 3.08. The zero-order valence-corrected chi connectivity index (χ0v) is 12.2. The smallest absolute Gasteiger partial charge is 0.0221 e. The molecule has 98 valence electrons. The Morgan fingerprint density at radius 3 is 2.11 bits per heavy atom. The fourth-order valence-corrected chi connectivity index (χ4v) is 1.75. The van der Waals surface area contributed by atoms with Crippen LogP contribution >= 0.6 is 0 Å². The van der Waals surface area contributed by atoms with E-state index in [0.29, 0.717) is 0 Å². The first kappa shape index (κ1) is 15.0. The fourth-order valence-electron chi connectivity index (χ4n) is 1.75. The zero-order valence-electron chi connectivity index (χ0n) is 12.2. The third-order valence-electron chi connectivity index (χ3n) is 3.08. The second-order valence-corrected chi connectivity index (χ2v) is 4.80. The van der Waals surface area contributed by atoms with E-state index in [0.717, 1.165) is 11.1 Å². The molecule has 0 aromatic heterocycles. The molecule has 0 spiro atoms. The van der Waals surface area contributed by atoms with E-state index in [4.69, 9.17) is 0 Å². The highest BCUT2D eigenvalue weighted by Crippen LogP contribution is 2.22. The summed E-state index contributed by atoms with van der Waals surface area (Å²) in [4.78, 5) is 0. The van der Waals surface area contributed by atoms with Crippen LogP contribution in [0.3, 0.4) is 0 Å². The summed E-state index contributed by atoms with van der Waals surface area (Å²) < 4.78 is 0. The molecule has 1 rings (SSSR count). The largest absolute Gasteiger partial charge is 0.0991 e. The molecule has 1 aromatic carbocycles. The second kappa shape index (κ2) is 6.75. The quantitative estimate of drug-likeness (QED) is 0.578. The first-order chi connectivity index (χ1) is 8.95. The minimum absolute atomic E-state index is 0.973. The molecule has 0 N–H and O–H groups in total. The Hall–Kier alpha value is -2.08. The van der Waals surface area contributed by atoms with Crippen LogP contribution in [-0.4, -0.2) is 0 Å². The van der Waals surface area contributed by atoms with Crippen LogP contribution in [0.5, 0.6) is 0 Å². The first-order valence-corrected chi connectivity index (χ1v) is 6.39. The number of hydrogen-bond donors (Lipinski definition) is 0. The van der Waals surface area contributed by atoms with Crippen LogP contribution in [0.15, 0.2) is 73.4 Å². The predicted octanol–water partition coefficient (Wildman–Crippen LogP) is 5.81. The lowest BCUT2D eigenvalue weighted by Gasteiger charge is -2.07. The fraction of sp³-hybridized carbons (Fsp3) is 0.158. The molecule has 1 aromatic rings. The second-order valence-electron chi connectivity index (χ2n) is 4.80. The van der Waals surface area contributed by atoms with Gasteiger partial charge in [0.25, 0.3) is 0 Å². The van der Waals surface area contributed by atoms with Crippen molar-refractivity contribution in [3.8, 4) is 0 Å². The van der Waals surface area contributed by atoms with Crippen molar-refractivity contribution < 1.29 is 0 Å². The van der Waals surface area contributed by atoms with Crippen molar-refractivity contribution >= 4 is 11.1 Å². The lowest BCUT2D eigenvalue weighted by molar-refractivity contribution is 1.45. The van der Waals surface area contributed by atoms with Gasteiger partial charge in [-0.1, -0.05) is 61.7 Å². The molecule has 0 aliphatic rings. The summed E-state index contributed by atoms with van der Waals surface area (Å²) in [5.41, 5.74) is 6.80. The molecule has 19 heavy (non-hydrogen) atoms. The molecule has 0 radical (unpaired) electrons. The summed E-state index contributed by atoms with van der Waals surface area (Å²) in [5.74, 6) is 0. The highest BCUT2D eigenvalue weighted by molar-refractivity contribution is 5.73. The van der Waals surface area contributed by atoms with E-state index in [1.165, 1.54) is 22.3 Å². The Bertz CT molecular complexity index is 565. The summed E-state index contributed by atoms with van der Waals surface area (Å²) in [5, 5.41) is 0. The van der Waals surface area contributed by atoms with Crippen LogP contribution in [0.25, 0.3) is 11.1 Å². The van der Waals surface area contributed by atoms with Gasteiger partial charge < -0.3 is 0 Å². The topological polar surface area (TPSA) is 0 Å². The van der Waals surface area contributed by atoms with E-state index in [2.05, 4.69) is 63.9 Å². The molecular weight excluding hydrogens is 228 g/mol. The summed E-state index contributed by atoms with van der Waals surface area (Å²) >= 11 is 0. The Kier molecular flexibility index (Phi) is 5.32. The molecule has 0 heteroatoms. The zero-order chi connectivity index (χ0) is 14.4. The van der Waals surface area contributed by atoms with E-state index in [1.807, 2.05) is 19.1 Å². The maximum Gasteiger partial charge on any atom is -0.0221 e. The molecule has 0 atom stereocenters. The summed E-state index contributed by atoms with van der Waals surface area (Å²) in [6.45, 7) is 17.8. The number of allylic oxidation sites excluding steroid dienone is 7. The molecule has 0 amide bonds. The lowest BCUT2D eigenvalue weighted by atomic mass is 9.98. The van der Waals surface area contributed by atoms with E-state index in [9.17, 15) is 0 Å². The molecule has 0 bridgehead atoms. The molecule has 0 aliphatic heterocycles. The van der Waals surface area contributed by atoms with Crippen LogP contribution in [0.4, 0.5) is 0 Å². The molecule has 0 unspecified atom stereocenters. The number of rotatable bonds is 5. The molecule has 0 fully saturated rings. The van der Waals surface area contributed by atoms with Gasteiger partial charge in [-0.3, -0.25) is 0 Å². The van der Waals surface area contributed by atoms with Gasteiger partial charge in [0.1, 0.15) is 0 Å². The van der Waals surface area contributed by atoms with E-state index < -0.39 is 0 Å². The molecule has 0 nitrogen and oxygen atoms in total. The highest BCUT2D eigenvalue weighted by atomic mass is 14.1. The standard InChI is InChI=1S/C19H22/c1-7-9-15(4)18-10-8-11-19(13-18)17(6)12-16(5)14(2)3/h7-13H,1-2,5H2,3-4,6H3/b15-9+,17-12+. The van der Waals surface area contributed by atoms with Crippen LogP contribution in [0.1, 0.15) is 31.9 Å². The summed E-state index contributed by atoms with van der Waals surface area (Å²) in [6, 6.07) is 8.49. The highest BCUT2D eigenvalue weighted by Gasteiger charge is 2.00. The summed E-state index contributed by atoms with van der Waals surface area (Å²) in [6.07, 6.45) is 5.91. The molecule has 0 heterocycles. The van der Waals surface area contributed by atoms with Crippen molar-refractivity contribution in [2.75, 3.05) is 0 Å². The molecule has 0 saturated carbocycles. The average Bonchev–Trinajstić information content (AvgIpc) is 2.39. The van der Waals surface area contributed by atoms with Crippen LogP contribution < -0.4 is 0 Å². The third kappa shape index (κ3) is 4.26. The van der Waals surface area contributed by atoms with Gasteiger partial charge in [0.05, 0.1) is 0 Å². The number of hydrogen-bond acceptors (Lipinski definition) is 0. The van der Waals surface area contributed by atoms with Crippen LogP contribution in [0.2, 0.25) is 0 Å². The van der Waals surface area contributed by atoms with Crippen LogP contribution in [-0.2, 0) is 0 Å². The minimum Gasteiger partial charge on any atom is -0.0991 e. The van der Waals surface area contributed by atoms with E-state index >= 15 is 0 Å². The molecular formula is C19H22. The van der Waals surface area contributed by atoms with Crippen molar-refractivity contribution in [2.45, 2.75) is 20.8 Å². The van der Waals surface area contributed by atoms with Gasteiger partial charge in [0.2, 0.25) is 0 Å². The van der Waals surface area contributed by atoms with Crippen molar-refractivity contribution in [1.82, 2.24) is 0 Å². The predicted molar refractivity (Wildman–Crippen MR) is 87.9 cm³/mol. The van der Waals surface area contributed by atoms with Crippen LogP contribution in [0, 0.1) is 0 Å². The Labute approximate surface area is 117 Å². The van der Waals surface area contributed by atoms with Gasteiger partial charge >= 0.3 is 0 Å². The normalized spacial score (nSPS) is 12.2. The number of benzene rings is 1. The van der Waals surface area contributed by atoms with Gasteiger partial charge in [-0.25, -0.2) is 0 Å². The molecule has 0 aliphatic carbocycles. The van der Waals surface area contributed by atoms with Gasteiger partial charge in [-0.2, -0.15) is 0 Å².